The van der Waals surface area contributed by atoms with Crippen molar-refractivity contribution in [2.24, 2.45) is 15.9 Å². The maximum Gasteiger partial charge on any atom is 0.156 e. The predicted molar refractivity (Wildman–Crippen MR) is 212 cm³/mol. The molecule has 1 heterocycles. The highest BCUT2D eigenvalue weighted by atomic mass is 15.0. The predicted octanol–water partition coefficient (Wildman–Crippen LogP) is 12.2. The van der Waals surface area contributed by atoms with Gasteiger partial charge in [-0.25, -0.2) is 4.99 Å². The second-order valence-electron chi connectivity index (χ2n) is 14.6. The van der Waals surface area contributed by atoms with Crippen LogP contribution < -0.4 is 0 Å². The molecule has 2 atom stereocenters. The van der Waals surface area contributed by atoms with E-state index < -0.39 is 0 Å². The van der Waals surface area contributed by atoms with Crippen LogP contribution >= 0.6 is 0 Å². The smallest absolute Gasteiger partial charge is 0.156 e. The highest BCUT2D eigenvalue weighted by Crippen LogP contribution is 2.50. The van der Waals surface area contributed by atoms with E-state index >= 15 is 0 Å². The van der Waals surface area contributed by atoms with Crippen molar-refractivity contribution in [2.75, 3.05) is 0 Å². The van der Waals surface area contributed by atoms with Gasteiger partial charge in [-0.1, -0.05) is 166 Å². The maximum atomic E-state index is 5.64. The van der Waals surface area contributed by atoms with Crippen molar-refractivity contribution in [1.29, 1.82) is 0 Å². The van der Waals surface area contributed by atoms with E-state index in [1.807, 2.05) is 0 Å². The highest BCUT2D eigenvalue weighted by molar-refractivity contribution is 6.15. The van der Waals surface area contributed by atoms with Gasteiger partial charge in [0, 0.05) is 11.0 Å². The zero-order valence-electron chi connectivity index (χ0n) is 29.5. The average molecular weight is 649 g/mol. The Balaban J connectivity index is 1.22. The van der Waals surface area contributed by atoms with Crippen LogP contribution in [0.1, 0.15) is 91.9 Å². The van der Waals surface area contributed by atoms with Crippen LogP contribution in [0.3, 0.4) is 0 Å². The first-order chi connectivity index (χ1) is 24.4. The molecule has 246 valence electrons. The Morgan fingerprint density at radius 3 is 2.06 bits per heavy atom. The topological polar surface area (TPSA) is 24.7 Å². The van der Waals surface area contributed by atoms with Gasteiger partial charge in [0.25, 0.3) is 0 Å². The number of aliphatic imine (C=N–C) groups is 2. The van der Waals surface area contributed by atoms with Crippen molar-refractivity contribution in [1.82, 2.24) is 0 Å². The molecule has 0 spiro atoms. The maximum absolute atomic E-state index is 5.64. The Kier molecular flexibility index (Phi) is 8.41. The lowest BCUT2D eigenvalue weighted by atomic mass is 9.82. The fourth-order valence-electron chi connectivity index (χ4n) is 8.11. The Morgan fingerprint density at radius 1 is 0.640 bits per heavy atom. The van der Waals surface area contributed by atoms with Gasteiger partial charge in [0.1, 0.15) is 0 Å². The lowest BCUT2D eigenvalue weighted by Crippen LogP contribution is -2.19. The molecule has 50 heavy (non-hydrogen) atoms. The highest BCUT2D eigenvalue weighted by Gasteiger charge is 2.37. The van der Waals surface area contributed by atoms with Gasteiger partial charge >= 0.3 is 0 Å². The molecule has 0 radical (unpaired) electrons. The van der Waals surface area contributed by atoms with E-state index in [9.17, 15) is 0 Å². The Morgan fingerprint density at radius 2 is 1.30 bits per heavy atom. The number of fused-ring (bicyclic) bond motifs is 3. The molecule has 0 N–H and O–H groups in total. The third kappa shape index (κ3) is 5.83. The summed E-state index contributed by atoms with van der Waals surface area (Å²) in [4.78, 5) is 11.1. The van der Waals surface area contributed by atoms with Crippen molar-refractivity contribution in [2.45, 2.75) is 58.4 Å². The molecular weight excluding hydrogens is 605 g/mol. The molecule has 2 heteroatoms. The van der Waals surface area contributed by atoms with Gasteiger partial charge < -0.3 is 0 Å². The van der Waals surface area contributed by atoms with Gasteiger partial charge in [0.05, 0.1) is 11.8 Å². The normalized spacial score (nSPS) is 19.7. The number of hydrogen-bond acceptors (Lipinski definition) is 2. The summed E-state index contributed by atoms with van der Waals surface area (Å²) in [6.45, 7) is 9.27. The number of benzene rings is 5. The minimum absolute atomic E-state index is 0.00929. The second-order valence-corrected chi connectivity index (χ2v) is 14.6. The first-order valence-electron chi connectivity index (χ1n) is 18.1. The summed E-state index contributed by atoms with van der Waals surface area (Å²) < 4.78 is 0. The van der Waals surface area contributed by atoms with Crippen LogP contribution in [0.5, 0.6) is 0 Å². The van der Waals surface area contributed by atoms with E-state index in [1.165, 1.54) is 61.2 Å². The van der Waals surface area contributed by atoms with Crippen molar-refractivity contribution < 1.29 is 0 Å². The molecule has 5 aromatic carbocycles. The molecule has 0 fully saturated rings. The van der Waals surface area contributed by atoms with Crippen LogP contribution in [-0.4, -0.2) is 11.5 Å². The van der Waals surface area contributed by atoms with E-state index in [1.54, 1.807) is 0 Å². The lowest BCUT2D eigenvalue weighted by molar-refractivity contribution is 0.446. The molecular formula is C48H44N2. The van der Waals surface area contributed by atoms with Crippen molar-refractivity contribution >= 4 is 22.7 Å². The van der Waals surface area contributed by atoms with Crippen LogP contribution in [0, 0.1) is 5.92 Å². The minimum atomic E-state index is -0.0884. The van der Waals surface area contributed by atoms with Crippen LogP contribution in [-0.2, 0) is 5.41 Å². The zero-order chi connectivity index (χ0) is 34.2. The molecule has 0 bridgehead atoms. The zero-order valence-corrected chi connectivity index (χ0v) is 29.5. The molecule has 0 saturated heterocycles. The van der Waals surface area contributed by atoms with Crippen molar-refractivity contribution in [3.63, 3.8) is 0 Å². The summed E-state index contributed by atoms with van der Waals surface area (Å²) in [5, 5.41) is 0. The monoisotopic (exact) mass is 648 g/mol. The Labute approximate surface area is 297 Å². The second kappa shape index (κ2) is 13.2. The number of rotatable bonds is 5. The van der Waals surface area contributed by atoms with Crippen molar-refractivity contribution in [3.05, 3.63) is 190 Å². The van der Waals surface area contributed by atoms with Gasteiger partial charge in [0.2, 0.25) is 0 Å². The van der Waals surface area contributed by atoms with E-state index in [0.717, 1.165) is 36.4 Å². The summed E-state index contributed by atoms with van der Waals surface area (Å²) >= 11 is 0. The molecule has 0 amide bonds. The van der Waals surface area contributed by atoms with Gasteiger partial charge in [-0.15, -0.1) is 0 Å². The van der Waals surface area contributed by atoms with Gasteiger partial charge in [0.15, 0.2) is 5.84 Å². The van der Waals surface area contributed by atoms with Crippen LogP contribution in [0.2, 0.25) is 0 Å². The number of allylic oxidation sites excluding steroid dienone is 6. The molecule has 2 unspecified atom stereocenters. The summed E-state index contributed by atoms with van der Waals surface area (Å²) in [5.41, 5.74) is 16.3. The van der Waals surface area contributed by atoms with Crippen LogP contribution in [0.4, 0.5) is 0 Å². The van der Waals surface area contributed by atoms with E-state index in [2.05, 4.69) is 173 Å². The third-order valence-corrected chi connectivity index (χ3v) is 11.0. The van der Waals surface area contributed by atoms with Crippen LogP contribution in [0.15, 0.2) is 161 Å². The third-order valence-electron chi connectivity index (χ3n) is 11.0. The first kappa shape index (κ1) is 31.9. The summed E-state index contributed by atoms with van der Waals surface area (Å²) in [5.74, 6) is 1.17. The van der Waals surface area contributed by atoms with E-state index in [0.29, 0.717) is 5.92 Å². The molecule has 3 aliphatic rings. The molecule has 2 nitrogen and oxygen atoms in total. The molecule has 2 aliphatic carbocycles. The van der Waals surface area contributed by atoms with Gasteiger partial charge in [-0.05, 0) is 93.3 Å². The molecule has 5 aromatic rings. The number of amidine groups is 1. The molecule has 0 aromatic heterocycles. The number of hydrogen-bond donors (Lipinski definition) is 0. The van der Waals surface area contributed by atoms with Crippen molar-refractivity contribution in [3.8, 4) is 11.1 Å². The lowest BCUT2D eigenvalue weighted by Gasteiger charge is -2.26. The van der Waals surface area contributed by atoms with E-state index in [4.69, 9.17) is 9.98 Å². The summed E-state index contributed by atoms with van der Waals surface area (Å²) in [6, 6.07) is 46.1. The number of nitrogens with zero attached hydrogens (tertiary/aromatic N) is 2. The summed E-state index contributed by atoms with van der Waals surface area (Å²) in [7, 11) is 0. The first-order valence-corrected chi connectivity index (χ1v) is 18.1. The van der Waals surface area contributed by atoms with E-state index in [-0.39, 0.29) is 11.5 Å². The quantitative estimate of drug-likeness (QED) is 0.181. The molecule has 0 saturated carbocycles. The SMILES string of the molecule is CC1=CCC(c2ccccc2)=CC=C1c1ccc(C2N=C(c3cccc4c3-c3ccccc3C4(C)C)N=C(c3ccccc3)CCC2C)cc1. The van der Waals surface area contributed by atoms with Gasteiger partial charge in [-0.2, -0.15) is 0 Å². The fourth-order valence-corrected chi connectivity index (χ4v) is 8.11. The minimum Gasteiger partial charge on any atom is -0.258 e. The summed E-state index contributed by atoms with van der Waals surface area (Å²) in [6.07, 6.45) is 9.79. The average Bonchev–Trinajstić information content (AvgIpc) is 3.24. The van der Waals surface area contributed by atoms with Gasteiger partial charge in [-0.3, -0.25) is 4.99 Å². The molecule has 8 rings (SSSR count). The Hall–Kier alpha value is -5.34. The Bertz CT molecular complexity index is 2210. The van der Waals surface area contributed by atoms with Crippen LogP contribution in [0.25, 0.3) is 22.3 Å². The fraction of sp³-hybridized carbons (Fsp3) is 0.208. The largest absolute Gasteiger partial charge is 0.258 e. The molecule has 1 aliphatic heterocycles. The standard InChI is InChI=1S/C48H44N2/c1-32-22-24-35(34-14-7-5-8-15-34)29-30-39(32)36-25-27-38(28-26-36)46-33(2)23-31-44(37-16-9-6-10-17-37)49-47(50-46)41-19-13-21-43-45(41)40-18-11-12-20-42(40)48(43,3)4/h5-22,25-30,33,46H,23-24,31H2,1-4H3.